The van der Waals surface area contributed by atoms with Gasteiger partial charge in [-0.1, -0.05) is 12.8 Å². The van der Waals surface area contributed by atoms with Crippen molar-refractivity contribution in [1.29, 1.82) is 0 Å². The van der Waals surface area contributed by atoms with Gasteiger partial charge in [-0.15, -0.1) is 0 Å². The van der Waals surface area contributed by atoms with E-state index in [1.54, 1.807) is 0 Å². The molecule has 4 nitrogen and oxygen atoms in total. The van der Waals surface area contributed by atoms with E-state index in [0.717, 1.165) is 31.5 Å². The topological polar surface area (TPSA) is 37.3 Å². The Labute approximate surface area is 188 Å². The molecule has 2 heterocycles. The molecule has 2 atom stereocenters. The maximum atomic E-state index is 12.6. The first-order valence-electron chi connectivity index (χ1n) is 12.4. The zero-order valence-corrected chi connectivity index (χ0v) is 19.6. The number of carbonyl (C=O) groups excluding carboxylic acids is 1. The summed E-state index contributed by atoms with van der Waals surface area (Å²) in [6.45, 7) is 8.67. The molecule has 1 amide bonds. The van der Waals surface area contributed by atoms with Crippen LogP contribution in [-0.2, 0) is 12.8 Å². The predicted octanol–water partition coefficient (Wildman–Crippen LogP) is 5.44. The number of amides is 1. The van der Waals surface area contributed by atoms with Gasteiger partial charge in [0.2, 0.25) is 0 Å². The van der Waals surface area contributed by atoms with Gasteiger partial charge in [-0.2, -0.15) is 0 Å². The fourth-order valence-corrected chi connectivity index (χ4v) is 5.63. The number of fused-ring (bicyclic) bond motifs is 1. The van der Waals surface area contributed by atoms with Crippen molar-refractivity contribution in [2.45, 2.75) is 90.6 Å². The first-order chi connectivity index (χ1) is 15.0. The molecule has 0 radical (unpaired) electrons. The number of piperidine rings is 1. The molecule has 168 valence electrons. The normalized spacial score (nSPS) is 22.0. The molecular weight excluding hydrogens is 382 g/mol. The van der Waals surface area contributed by atoms with E-state index in [1.807, 2.05) is 12.1 Å². The Kier molecular flexibility index (Phi) is 7.16. The number of rotatable bonds is 6. The Morgan fingerprint density at radius 3 is 2.45 bits per heavy atom. The summed E-state index contributed by atoms with van der Waals surface area (Å²) in [7, 11) is 0. The van der Waals surface area contributed by atoms with Crippen molar-refractivity contribution in [3.05, 3.63) is 52.8 Å². The minimum absolute atomic E-state index is 0.0364. The van der Waals surface area contributed by atoms with Crippen LogP contribution in [0.4, 0.5) is 0 Å². The summed E-state index contributed by atoms with van der Waals surface area (Å²) < 4.78 is 2.39. The lowest BCUT2D eigenvalue weighted by Crippen LogP contribution is -2.44. The molecule has 0 saturated carbocycles. The fraction of sp³-hybridized carbons (Fsp3) is 0.593. The number of aryl methyl sites for hydroxylation is 2. The van der Waals surface area contributed by atoms with Gasteiger partial charge < -0.3 is 9.88 Å². The molecule has 1 aliphatic carbocycles. The van der Waals surface area contributed by atoms with E-state index < -0.39 is 0 Å². The highest BCUT2D eigenvalue weighted by molar-refractivity contribution is 5.94. The quantitative estimate of drug-likeness (QED) is 0.498. The first-order valence-corrected chi connectivity index (χ1v) is 12.4. The average Bonchev–Trinajstić information content (AvgIpc) is 2.91. The molecule has 2 aliphatic rings. The van der Waals surface area contributed by atoms with Crippen molar-refractivity contribution >= 4 is 5.91 Å². The number of hydrogen-bond acceptors (Lipinski definition) is 2. The number of nitrogens with zero attached hydrogens (tertiary/aromatic N) is 2. The molecule has 4 rings (SSSR count). The van der Waals surface area contributed by atoms with Gasteiger partial charge in [0.25, 0.3) is 5.91 Å². The van der Waals surface area contributed by atoms with E-state index in [0.29, 0.717) is 12.1 Å². The van der Waals surface area contributed by atoms with Crippen molar-refractivity contribution in [3.8, 4) is 5.69 Å². The molecule has 1 saturated heterocycles. The van der Waals surface area contributed by atoms with E-state index in [1.165, 1.54) is 67.6 Å². The van der Waals surface area contributed by atoms with Crippen LogP contribution in [0.1, 0.15) is 86.1 Å². The van der Waals surface area contributed by atoms with Crippen LogP contribution in [0.15, 0.2) is 30.3 Å². The third-order valence-electron chi connectivity index (χ3n) is 7.38. The molecule has 0 bridgehead atoms. The van der Waals surface area contributed by atoms with Crippen LogP contribution in [0.25, 0.3) is 5.69 Å². The smallest absolute Gasteiger partial charge is 0.251 e. The lowest BCUT2D eigenvalue weighted by Gasteiger charge is -2.39. The highest BCUT2D eigenvalue weighted by atomic mass is 16.1. The van der Waals surface area contributed by atoms with Crippen LogP contribution in [0.3, 0.4) is 0 Å². The lowest BCUT2D eigenvalue weighted by molar-refractivity contribution is 0.0925. The molecule has 0 unspecified atom stereocenters. The summed E-state index contributed by atoms with van der Waals surface area (Å²) in [5.74, 6) is 0.0364. The second-order valence-corrected chi connectivity index (χ2v) is 9.68. The van der Waals surface area contributed by atoms with Gasteiger partial charge in [0.1, 0.15) is 0 Å². The van der Waals surface area contributed by atoms with Crippen LogP contribution in [0.2, 0.25) is 0 Å². The van der Waals surface area contributed by atoms with E-state index in [2.05, 4.69) is 53.8 Å². The fourth-order valence-electron chi connectivity index (χ4n) is 5.63. The van der Waals surface area contributed by atoms with Crippen molar-refractivity contribution < 1.29 is 4.79 Å². The van der Waals surface area contributed by atoms with Gasteiger partial charge in [-0.3, -0.25) is 9.69 Å². The summed E-state index contributed by atoms with van der Waals surface area (Å²) in [6, 6.07) is 11.8. The Bertz CT molecular complexity index is 873. The SMILES string of the molecule is Cc1cc2c(n1-c1ccc(C(=O)NCCCN3[C@H](C)CCC[C@@H]3C)cc1)CCCCC2. The van der Waals surface area contributed by atoms with E-state index in [9.17, 15) is 4.79 Å². The number of carbonyl (C=O) groups is 1. The number of aromatic nitrogens is 1. The lowest BCUT2D eigenvalue weighted by atomic mass is 9.97. The second-order valence-electron chi connectivity index (χ2n) is 9.68. The zero-order chi connectivity index (χ0) is 21.8. The van der Waals surface area contributed by atoms with Gasteiger partial charge in [-0.05, 0) is 102 Å². The number of likely N-dealkylation sites (tertiary alicyclic amines) is 1. The standard InChI is InChI=1S/C27H39N3O/c1-20-9-7-10-21(2)29(20)18-8-17-28-27(31)23-13-15-25(16-14-23)30-22(3)19-24-11-5-4-6-12-26(24)30/h13-16,19-21H,4-12,17-18H2,1-3H3,(H,28,31)/t20-,21+. The highest BCUT2D eigenvalue weighted by Crippen LogP contribution is 2.27. The van der Waals surface area contributed by atoms with Gasteiger partial charge in [0.15, 0.2) is 0 Å². The first kappa shape index (κ1) is 22.1. The summed E-state index contributed by atoms with van der Waals surface area (Å²) >= 11 is 0. The highest BCUT2D eigenvalue weighted by Gasteiger charge is 2.23. The maximum Gasteiger partial charge on any atom is 0.251 e. The summed E-state index contributed by atoms with van der Waals surface area (Å²) in [5, 5.41) is 3.12. The Balaban J connectivity index is 1.33. The maximum absolute atomic E-state index is 12.6. The largest absolute Gasteiger partial charge is 0.352 e. The number of benzene rings is 1. The van der Waals surface area contributed by atoms with Gasteiger partial charge in [0.05, 0.1) is 0 Å². The zero-order valence-electron chi connectivity index (χ0n) is 19.6. The van der Waals surface area contributed by atoms with Gasteiger partial charge in [-0.25, -0.2) is 0 Å². The third-order valence-corrected chi connectivity index (χ3v) is 7.38. The van der Waals surface area contributed by atoms with Crippen LogP contribution in [-0.4, -0.2) is 40.5 Å². The number of hydrogen-bond donors (Lipinski definition) is 1. The molecule has 2 aromatic rings. The third kappa shape index (κ3) is 5.06. The van der Waals surface area contributed by atoms with Crippen LogP contribution in [0, 0.1) is 6.92 Å². The second kappa shape index (κ2) is 10.0. The van der Waals surface area contributed by atoms with Crippen LogP contribution >= 0.6 is 0 Å². The van der Waals surface area contributed by atoms with Crippen molar-refractivity contribution in [3.63, 3.8) is 0 Å². The Morgan fingerprint density at radius 1 is 1.00 bits per heavy atom. The van der Waals surface area contributed by atoms with E-state index >= 15 is 0 Å². The van der Waals surface area contributed by atoms with Crippen molar-refractivity contribution in [2.75, 3.05) is 13.1 Å². The Morgan fingerprint density at radius 2 is 1.71 bits per heavy atom. The van der Waals surface area contributed by atoms with Gasteiger partial charge in [0, 0.05) is 47.8 Å². The van der Waals surface area contributed by atoms with E-state index in [-0.39, 0.29) is 5.91 Å². The predicted molar refractivity (Wildman–Crippen MR) is 128 cm³/mol. The molecule has 1 aliphatic heterocycles. The van der Waals surface area contributed by atoms with Crippen molar-refractivity contribution in [2.24, 2.45) is 0 Å². The minimum Gasteiger partial charge on any atom is -0.352 e. The molecule has 4 heteroatoms. The molecule has 31 heavy (non-hydrogen) atoms. The monoisotopic (exact) mass is 421 g/mol. The Hall–Kier alpha value is -2.07. The molecule has 1 N–H and O–H groups in total. The summed E-state index contributed by atoms with van der Waals surface area (Å²) in [4.78, 5) is 15.2. The van der Waals surface area contributed by atoms with Crippen LogP contribution in [0.5, 0.6) is 0 Å². The molecule has 0 spiro atoms. The minimum atomic E-state index is 0.0364. The average molecular weight is 422 g/mol. The molecule has 1 fully saturated rings. The van der Waals surface area contributed by atoms with Crippen LogP contribution < -0.4 is 5.32 Å². The summed E-state index contributed by atoms with van der Waals surface area (Å²) in [6.07, 6.45) is 11.2. The molecule has 1 aromatic heterocycles. The molecular formula is C27H39N3O. The molecule has 1 aromatic carbocycles. The number of nitrogens with one attached hydrogen (secondary N) is 1. The van der Waals surface area contributed by atoms with Gasteiger partial charge >= 0.3 is 0 Å². The van der Waals surface area contributed by atoms with Crippen molar-refractivity contribution in [1.82, 2.24) is 14.8 Å². The summed E-state index contributed by atoms with van der Waals surface area (Å²) in [5.41, 5.74) is 6.19. The van der Waals surface area contributed by atoms with E-state index in [4.69, 9.17) is 0 Å².